The molecule has 3 aromatic heterocycles. The van der Waals surface area contributed by atoms with E-state index < -0.39 is 36.6 Å². The molecule has 3 aromatic carbocycles. The Morgan fingerprint density at radius 2 is 1.68 bits per heavy atom. The minimum absolute atomic E-state index is 0.0944. The van der Waals surface area contributed by atoms with Crippen molar-refractivity contribution < 1.29 is 27.7 Å². The maximum absolute atomic E-state index is 15.5. The Bertz CT molecular complexity index is 3040. The standard InChI is InChI=1S/C49H58BrFN11O6P/c1-6-29-23-37(56-48-53-28-33(50)46(58-48)55-36-10-9-35-32(45(36)69(4,5)66)27-52-43(7-2)54-35)41(67-8-3)26-39(29)61-17-14-31(15-18-61)60-21-19-59(20-22-60)16-13-30-24-42-40(25-34(30)51)62(49(65)68-42)38-11-12-44(63)57-47(38)64/h9-10,23-28,31,38H,6-8,11-22H2,1-5H3,(H,57,63,64)(H2,53,55,56,58). The highest BCUT2D eigenvalue weighted by atomic mass is 79.9. The second-order valence-electron chi connectivity index (χ2n) is 18.3. The lowest BCUT2D eigenvalue weighted by molar-refractivity contribution is -0.135. The first-order valence-corrected chi connectivity index (χ1v) is 27.2. The molecule has 9 rings (SSSR count). The molecule has 3 saturated heterocycles. The molecular weight excluding hydrogens is 968 g/mol. The Morgan fingerprint density at radius 1 is 0.899 bits per heavy atom. The van der Waals surface area contributed by atoms with E-state index in [-0.39, 0.29) is 23.9 Å². The molecule has 364 valence electrons. The number of aromatic nitrogens is 5. The van der Waals surface area contributed by atoms with Crippen LogP contribution >= 0.6 is 23.1 Å². The fourth-order valence-corrected chi connectivity index (χ4v) is 11.7. The zero-order valence-corrected chi connectivity index (χ0v) is 42.1. The zero-order valence-electron chi connectivity index (χ0n) is 39.6. The predicted octanol–water partition coefficient (Wildman–Crippen LogP) is 7.29. The zero-order chi connectivity index (χ0) is 48.6. The lowest BCUT2D eigenvalue weighted by atomic mass is 9.99. The number of piperazine rings is 1. The third-order valence-electron chi connectivity index (χ3n) is 13.5. The Kier molecular flexibility index (Phi) is 14.2. The molecule has 3 fully saturated rings. The van der Waals surface area contributed by atoms with Crippen molar-refractivity contribution in [1.29, 1.82) is 0 Å². The first-order chi connectivity index (χ1) is 33.2. The number of rotatable bonds is 15. The molecule has 0 spiro atoms. The summed E-state index contributed by atoms with van der Waals surface area (Å²) < 4.78 is 42.7. The Morgan fingerprint density at radius 3 is 2.39 bits per heavy atom. The van der Waals surface area contributed by atoms with Crippen LogP contribution in [0.4, 0.5) is 33.2 Å². The van der Waals surface area contributed by atoms with E-state index in [2.05, 4.69) is 80.6 Å². The summed E-state index contributed by atoms with van der Waals surface area (Å²) in [5.41, 5.74) is 5.41. The fraction of sp³-hybridized carbons (Fsp3) is 0.449. The van der Waals surface area contributed by atoms with Gasteiger partial charge >= 0.3 is 5.76 Å². The van der Waals surface area contributed by atoms with Crippen molar-refractivity contribution in [2.24, 2.45) is 0 Å². The first kappa shape index (κ1) is 48.3. The summed E-state index contributed by atoms with van der Waals surface area (Å²) in [6, 6.07) is 10.4. The summed E-state index contributed by atoms with van der Waals surface area (Å²) in [4.78, 5) is 63.0. The number of nitrogens with one attached hydrogen (secondary N) is 3. The van der Waals surface area contributed by atoms with Crippen LogP contribution in [0.15, 0.2) is 62.5 Å². The third-order valence-corrected chi connectivity index (χ3v) is 15.6. The molecule has 0 radical (unpaired) electrons. The summed E-state index contributed by atoms with van der Waals surface area (Å²) in [6.07, 6.45) is 7.72. The SMILES string of the molecule is CCOc1cc(N2CCC(N3CCN(CCc4cc5oc(=O)n(C6CCC(=O)NC6=O)c5cc4F)CC3)CC2)c(CC)cc1Nc1ncc(Br)c(Nc2ccc3nc(CC)ncc3c2P(C)(C)=O)n1. The van der Waals surface area contributed by atoms with Crippen LogP contribution in [0.3, 0.4) is 0 Å². The van der Waals surface area contributed by atoms with Gasteiger partial charge in [0.05, 0.1) is 33.5 Å². The predicted molar refractivity (Wildman–Crippen MR) is 270 cm³/mol. The number of ether oxygens (including phenoxy) is 1. The van der Waals surface area contributed by atoms with E-state index in [1.807, 2.05) is 26.0 Å². The average Bonchev–Trinajstić information content (AvgIpc) is 3.65. The molecule has 20 heteroatoms. The molecule has 2 amide bonds. The number of benzene rings is 3. The van der Waals surface area contributed by atoms with Gasteiger partial charge in [-0.1, -0.05) is 13.8 Å². The number of fused-ring (bicyclic) bond motifs is 2. The number of piperidine rings is 2. The third kappa shape index (κ3) is 10.3. The maximum Gasteiger partial charge on any atom is 0.420 e. The van der Waals surface area contributed by atoms with Crippen LogP contribution in [0.5, 0.6) is 5.75 Å². The molecule has 0 saturated carbocycles. The van der Waals surface area contributed by atoms with Gasteiger partial charge in [-0.25, -0.2) is 24.1 Å². The van der Waals surface area contributed by atoms with Gasteiger partial charge in [0.25, 0.3) is 0 Å². The smallest absolute Gasteiger partial charge is 0.420 e. The van der Waals surface area contributed by atoms with Gasteiger partial charge in [-0.15, -0.1) is 0 Å². The van der Waals surface area contributed by atoms with Crippen LogP contribution in [0.25, 0.3) is 22.0 Å². The molecule has 3 N–H and O–H groups in total. The monoisotopic (exact) mass is 1030 g/mol. The molecule has 0 bridgehead atoms. The van der Waals surface area contributed by atoms with Crippen molar-refractivity contribution in [3.05, 3.63) is 86.6 Å². The summed E-state index contributed by atoms with van der Waals surface area (Å²) >= 11 is 3.62. The molecule has 3 aliphatic heterocycles. The summed E-state index contributed by atoms with van der Waals surface area (Å²) in [5, 5.41) is 10.5. The van der Waals surface area contributed by atoms with Crippen LogP contribution in [-0.4, -0.2) is 118 Å². The van der Waals surface area contributed by atoms with Crippen LogP contribution in [0.2, 0.25) is 0 Å². The Hall–Kier alpha value is -5.75. The van der Waals surface area contributed by atoms with Gasteiger partial charge in [-0.3, -0.25) is 24.4 Å². The van der Waals surface area contributed by atoms with E-state index in [1.54, 1.807) is 31.8 Å². The van der Waals surface area contributed by atoms with Gasteiger partial charge in [0.2, 0.25) is 17.8 Å². The van der Waals surface area contributed by atoms with Gasteiger partial charge in [-0.2, -0.15) is 4.98 Å². The van der Waals surface area contributed by atoms with E-state index >= 15 is 4.39 Å². The summed E-state index contributed by atoms with van der Waals surface area (Å²) in [6.45, 7) is 16.2. The topological polar surface area (TPSA) is 193 Å². The molecule has 0 aliphatic carbocycles. The van der Waals surface area contributed by atoms with E-state index in [0.29, 0.717) is 70.6 Å². The molecule has 3 aliphatic rings. The van der Waals surface area contributed by atoms with E-state index in [0.717, 1.165) is 91.2 Å². The number of carbonyl (C=O) groups excluding carboxylic acids is 2. The highest BCUT2D eigenvalue weighted by Gasteiger charge is 2.33. The number of anilines is 5. The average molecular weight is 1030 g/mol. The van der Waals surface area contributed by atoms with Gasteiger partial charge in [0.1, 0.15) is 36.4 Å². The van der Waals surface area contributed by atoms with Crippen molar-refractivity contribution in [2.45, 2.75) is 77.8 Å². The first-order valence-electron chi connectivity index (χ1n) is 23.8. The van der Waals surface area contributed by atoms with Gasteiger partial charge in [0, 0.05) is 106 Å². The maximum atomic E-state index is 15.5. The number of aryl methyl sites for hydroxylation is 2. The number of imide groups is 1. The molecule has 1 atom stereocenters. The minimum atomic E-state index is -2.79. The number of hydrogen-bond donors (Lipinski definition) is 3. The normalized spacial score (nSPS) is 17.7. The lowest BCUT2D eigenvalue weighted by Crippen LogP contribution is -2.53. The molecule has 17 nitrogen and oxygen atoms in total. The summed E-state index contributed by atoms with van der Waals surface area (Å²) in [7, 11) is -2.79. The van der Waals surface area contributed by atoms with Crippen molar-refractivity contribution in [1.82, 2.24) is 39.6 Å². The second-order valence-corrected chi connectivity index (χ2v) is 22.3. The van der Waals surface area contributed by atoms with Crippen LogP contribution < -0.4 is 36.6 Å². The van der Waals surface area contributed by atoms with Crippen LogP contribution in [-0.2, 0) is 33.4 Å². The van der Waals surface area contributed by atoms with Gasteiger partial charge < -0.3 is 34.2 Å². The van der Waals surface area contributed by atoms with Crippen molar-refractivity contribution in [2.75, 3.05) is 81.3 Å². The molecule has 69 heavy (non-hydrogen) atoms. The van der Waals surface area contributed by atoms with Crippen LogP contribution in [0.1, 0.15) is 69.4 Å². The highest BCUT2D eigenvalue weighted by Crippen LogP contribution is 2.42. The quantitative estimate of drug-likeness (QED) is 0.0685. The van der Waals surface area contributed by atoms with E-state index in [1.165, 1.54) is 11.6 Å². The Balaban J connectivity index is 0.819. The molecule has 6 heterocycles. The van der Waals surface area contributed by atoms with Gasteiger partial charge in [-0.05, 0) is 104 Å². The minimum Gasteiger partial charge on any atom is -0.492 e. The lowest BCUT2D eigenvalue weighted by Gasteiger charge is -2.43. The molecular formula is C49H58BrFN11O6P. The number of hydrogen-bond acceptors (Lipinski definition) is 15. The number of oxazole rings is 1. The number of nitrogens with zero attached hydrogens (tertiary/aromatic N) is 8. The second kappa shape index (κ2) is 20.3. The van der Waals surface area contributed by atoms with E-state index in [9.17, 15) is 18.9 Å². The van der Waals surface area contributed by atoms with Crippen molar-refractivity contribution in [3.8, 4) is 5.75 Å². The van der Waals surface area contributed by atoms with Crippen LogP contribution in [0, 0.1) is 5.82 Å². The van der Waals surface area contributed by atoms with Gasteiger partial charge in [0.15, 0.2) is 5.58 Å². The molecule has 1 unspecified atom stereocenters. The largest absolute Gasteiger partial charge is 0.492 e. The number of halogens is 2. The van der Waals surface area contributed by atoms with Crippen molar-refractivity contribution in [3.63, 3.8) is 0 Å². The number of carbonyl (C=O) groups is 2. The van der Waals surface area contributed by atoms with Crippen molar-refractivity contribution >= 4 is 91.0 Å². The summed E-state index contributed by atoms with van der Waals surface area (Å²) in [5.74, 6) is 0.129. The number of amides is 2. The van der Waals surface area contributed by atoms with E-state index in [4.69, 9.17) is 14.1 Å². The molecule has 6 aromatic rings. The Labute approximate surface area is 408 Å². The fourth-order valence-electron chi connectivity index (χ4n) is 9.92. The highest BCUT2D eigenvalue weighted by molar-refractivity contribution is 9.10.